The molecule has 2 aromatic heterocycles. The van der Waals surface area contributed by atoms with E-state index in [0.29, 0.717) is 16.3 Å². The Balaban J connectivity index is 2.43. The SMILES string of the molecule is CCc1sc(-c2cccnc2)nc1F. The lowest BCUT2D eigenvalue weighted by molar-refractivity contribution is 0.580. The van der Waals surface area contributed by atoms with Gasteiger partial charge in [0.1, 0.15) is 5.01 Å². The largest absolute Gasteiger partial charge is 0.264 e. The maximum atomic E-state index is 13.2. The standard InChI is InChI=1S/C10H9FN2S/c1-2-8-9(11)13-10(14-8)7-4-3-5-12-6-7/h3-6H,2H2,1H3. The van der Waals surface area contributed by atoms with Gasteiger partial charge in [-0.25, -0.2) is 4.98 Å². The van der Waals surface area contributed by atoms with Gasteiger partial charge in [0, 0.05) is 18.0 Å². The number of thiazole rings is 1. The van der Waals surface area contributed by atoms with E-state index >= 15 is 0 Å². The summed E-state index contributed by atoms with van der Waals surface area (Å²) in [5.74, 6) is -0.351. The number of aromatic nitrogens is 2. The average Bonchev–Trinajstić information content (AvgIpc) is 2.61. The molecule has 2 rings (SSSR count). The predicted octanol–water partition coefficient (Wildman–Crippen LogP) is 2.91. The van der Waals surface area contributed by atoms with Crippen LogP contribution in [0.25, 0.3) is 10.6 Å². The number of aryl methyl sites for hydroxylation is 1. The fourth-order valence-electron chi connectivity index (χ4n) is 1.16. The molecule has 0 aliphatic heterocycles. The fraction of sp³-hybridized carbons (Fsp3) is 0.200. The van der Waals surface area contributed by atoms with Gasteiger partial charge in [-0.3, -0.25) is 4.98 Å². The molecule has 0 amide bonds. The van der Waals surface area contributed by atoms with Crippen molar-refractivity contribution >= 4 is 11.3 Å². The topological polar surface area (TPSA) is 25.8 Å². The highest BCUT2D eigenvalue weighted by Gasteiger charge is 2.10. The minimum Gasteiger partial charge on any atom is -0.264 e. The molecule has 0 atom stereocenters. The Kier molecular flexibility index (Phi) is 2.54. The van der Waals surface area contributed by atoms with Crippen molar-refractivity contribution in [2.75, 3.05) is 0 Å². The molecular weight excluding hydrogens is 199 g/mol. The first-order chi connectivity index (χ1) is 6.81. The second-order valence-electron chi connectivity index (χ2n) is 2.83. The van der Waals surface area contributed by atoms with Crippen LogP contribution in [0.4, 0.5) is 4.39 Å². The van der Waals surface area contributed by atoms with Crippen LogP contribution in [0.5, 0.6) is 0 Å². The van der Waals surface area contributed by atoms with Crippen molar-refractivity contribution in [3.63, 3.8) is 0 Å². The van der Waals surface area contributed by atoms with E-state index in [1.165, 1.54) is 11.3 Å². The molecule has 0 spiro atoms. The van der Waals surface area contributed by atoms with Gasteiger partial charge in [0.15, 0.2) is 0 Å². The zero-order valence-corrected chi connectivity index (χ0v) is 8.51. The van der Waals surface area contributed by atoms with Crippen LogP contribution in [0.15, 0.2) is 24.5 Å². The van der Waals surface area contributed by atoms with Crippen LogP contribution < -0.4 is 0 Å². The van der Waals surface area contributed by atoms with E-state index in [-0.39, 0.29) is 5.95 Å². The number of nitrogens with zero attached hydrogens (tertiary/aromatic N) is 2. The van der Waals surface area contributed by atoms with Gasteiger partial charge in [-0.1, -0.05) is 6.92 Å². The Labute approximate surface area is 85.5 Å². The monoisotopic (exact) mass is 208 g/mol. The van der Waals surface area contributed by atoms with Crippen LogP contribution in [-0.2, 0) is 6.42 Å². The summed E-state index contributed by atoms with van der Waals surface area (Å²) in [6, 6.07) is 3.70. The van der Waals surface area contributed by atoms with Crippen LogP contribution in [0, 0.1) is 5.95 Å². The van der Waals surface area contributed by atoms with Crippen molar-refractivity contribution < 1.29 is 4.39 Å². The molecule has 2 nitrogen and oxygen atoms in total. The summed E-state index contributed by atoms with van der Waals surface area (Å²) in [5.41, 5.74) is 0.871. The molecule has 0 saturated heterocycles. The smallest absolute Gasteiger partial charge is 0.227 e. The van der Waals surface area contributed by atoms with Crippen LogP contribution in [0.3, 0.4) is 0 Å². The average molecular weight is 208 g/mol. The highest BCUT2D eigenvalue weighted by atomic mass is 32.1. The van der Waals surface area contributed by atoms with Gasteiger partial charge >= 0.3 is 0 Å². The van der Waals surface area contributed by atoms with Gasteiger partial charge < -0.3 is 0 Å². The Morgan fingerprint density at radius 2 is 2.36 bits per heavy atom. The number of halogens is 1. The van der Waals surface area contributed by atoms with E-state index < -0.39 is 0 Å². The van der Waals surface area contributed by atoms with Crippen molar-refractivity contribution in [2.45, 2.75) is 13.3 Å². The summed E-state index contributed by atoms with van der Waals surface area (Å²) >= 11 is 1.39. The third-order valence-corrected chi connectivity index (χ3v) is 3.10. The first-order valence-corrected chi connectivity index (χ1v) is 5.18. The first-order valence-electron chi connectivity index (χ1n) is 4.37. The van der Waals surface area contributed by atoms with Crippen molar-refractivity contribution in [3.8, 4) is 10.6 Å². The normalized spacial score (nSPS) is 10.4. The third kappa shape index (κ3) is 1.65. The third-order valence-electron chi connectivity index (χ3n) is 1.88. The molecule has 0 fully saturated rings. The lowest BCUT2D eigenvalue weighted by atomic mass is 10.3. The maximum Gasteiger partial charge on any atom is 0.227 e. The first kappa shape index (κ1) is 9.27. The summed E-state index contributed by atoms with van der Waals surface area (Å²) in [7, 11) is 0. The molecule has 0 unspecified atom stereocenters. The lowest BCUT2D eigenvalue weighted by Crippen LogP contribution is -1.80. The van der Waals surface area contributed by atoms with E-state index in [1.54, 1.807) is 12.4 Å². The Bertz CT molecular complexity index is 425. The molecule has 0 aromatic carbocycles. The minimum absolute atomic E-state index is 0.351. The number of hydrogen-bond acceptors (Lipinski definition) is 3. The molecule has 0 aliphatic rings. The number of rotatable bonds is 2. The Morgan fingerprint density at radius 3 is 2.93 bits per heavy atom. The summed E-state index contributed by atoms with van der Waals surface area (Å²) in [5, 5.41) is 0.701. The molecule has 4 heteroatoms. The maximum absolute atomic E-state index is 13.2. The molecule has 0 saturated carbocycles. The molecule has 14 heavy (non-hydrogen) atoms. The van der Waals surface area contributed by atoms with Gasteiger partial charge in [-0.2, -0.15) is 4.39 Å². The molecule has 72 valence electrons. The predicted molar refractivity (Wildman–Crippen MR) is 54.7 cm³/mol. The molecule has 2 heterocycles. The quantitative estimate of drug-likeness (QED) is 0.758. The molecule has 0 aliphatic carbocycles. The summed E-state index contributed by atoms with van der Waals surface area (Å²) < 4.78 is 13.2. The van der Waals surface area contributed by atoms with Gasteiger partial charge in [0.25, 0.3) is 0 Å². The molecule has 0 bridgehead atoms. The van der Waals surface area contributed by atoms with Crippen molar-refractivity contribution in [1.29, 1.82) is 0 Å². The van der Waals surface area contributed by atoms with Gasteiger partial charge in [0.2, 0.25) is 5.95 Å². The molecule has 2 aromatic rings. The Morgan fingerprint density at radius 1 is 1.50 bits per heavy atom. The van der Waals surface area contributed by atoms with Crippen molar-refractivity contribution in [3.05, 3.63) is 35.4 Å². The van der Waals surface area contributed by atoms with Gasteiger partial charge in [0.05, 0.1) is 4.88 Å². The van der Waals surface area contributed by atoms with E-state index in [0.717, 1.165) is 5.56 Å². The van der Waals surface area contributed by atoms with E-state index in [9.17, 15) is 4.39 Å². The summed E-state index contributed by atoms with van der Waals surface area (Å²) in [6.07, 6.45) is 4.07. The zero-order valence-electron chi connectivity index (χ0n) is 7.70. The van der Waals surface area contributed by atoms with Gasteiger partial charge in [-0.15, -0.1) is 11.3 Å². The second-order valence-corrected chi connectivity index (χ2v) is 3.91. The summed E-state index contributed by atoms with van der Waals surface area (Å²) in [4.78, 5) is 8.53. The van der Waals surface area contributed by atoms with E-state index in [4.69, 9.17) is 0 Å². The lowest BCUT2D eigenvalue weighted by Gasteiger charge is -1.91. The Hall–Kier alpha value is -1.29. The number of pyridine rings is 1. The van der Waals surface area contributed by atoms with Gasteiger partial charge in [-0.05, 0) is 18.6 Å². The highest BCUT2D eigenvalue weighted by Crippen LogP contribution is 2.26. The molecular formula is C10H9FN2S. The summed E-state index contributed by atoms with van der Waals surface area (Å²) in [6.45, 7) is 1.92. The second kappa shape index (κ2) is 3.84. The molecule has 0 N–H and O–H groups in total. The van der Waals surface area contributed by atoms with Crippen LogP contribution in [0.1, 0.15) is 11.8 Å². The highest BCUT2D eigenvalue weighted by molar-refractivity contribution is 7.15. The number of hydrogen-bond donors (Lipinski definition) is 0. The van der Waals surface area contributed by atoms with E-state index in [1.807, 2.05) is 19.1 Å². The van der Waals surface area contributed by atoms with Crippen molar-refractivity contribution in [2.24, 2.45) is 0 Å². The van der Waals surface area contributed by atoms with E-state index in [2.05, 4.69) is 9.97 Å². The minimum atomic E-state index is -0.351. The fourth-order valence-corrected chi connectivity index (χ4v) is 2.04. The van der Waals surface area contributed by atoms with Crippen molar-refractivity contribution in [1.82, 2.24) is 9.97 Å². The van der Waals surface area contributed by atoms with Crippen LogP contribution >= 0.6 is 11.3 Å². The zero-order chi connectivity index (χ0) is 9.97. The van der Waals surface area contributed by atoms with Crippen LogP contribution in [-0.4, -0.2) is 9.97 Å². The molecule has 0 radical (unpaired) electrons. The van der Waals surface area contributed by atoms with Crippen LogP contribution in [0.2, 0.25) is 0 Å².